The Balaban J connectivity index is 1.20. The van der Waals surface area contributed by atoms with Gasteiger partial charge in [0.25, 0.3) is 5.91 Å². The molecule has 0 saturated carbocycles. The summed E-state index contributed by atoms with van der Waals surface area (Å²) in [6.45, 7) is 3.55. The number of anilines is 4. The van der Waals surface area contributed by atoms with Gasteiger partial charge in [0.1, 0.15) is 17.0 Å². The maximum absolute atomic E-state index is 12.3. The molecule has 11 nitrogen and oxygen atoms in total. The van der Waals surface area contributed by atoms with Gasteiger partial charge in [0, 0.05) is 42.4 Å². The molecule has 0 bridgehead atoms. The second-order valence-electron chi connectivity index (χ2n) is 8.71. The van der Waals surface area contributed by atoms with Crippen LogP contribution in [0.5, 0.6) is 0 Å². The summed E-state index contributed by atoms with van der Waals surface area (Å²) in [5, 5.41) is 17.2. The van der Waals surface area contributed by atoms with Gasteiger partial charge in [-0.15, -0.1) is 5.10 Å². The van der Waals surface area contributed by atoms with Gasteiger partial charge >= 0.3 is 0 Å². The van der Waals surface area contributed by atoms with Gasteiger partial charge in [-0.25, -0.2) is 19.5 Å². The van der Waals surface area contributed by atoms with Gasteiger partial charge in [-0.2, -0.15) is 4.98 Å². The van der Waals surface area contributed by atoms with Crippen LogP contribution in [-0.4, -0.2) is 54.6 Å². The lowest BCUT2D eigenvalue weighted by Crippen LogP contribution is -2.56. The van der Waals surface area contributed by atoms with Crippen molar-refractivity contribution in [2.45, 2.75) is 13.0 Å². The second kappa shape index (κ2) is 9.63. The van der Waals surface area contributed by atoms with E-state index in [2.05, 4.69) is 41.3 Å². The Morgan fingerprint density at radius 2 is 1.84 bits per heavy atom. The van der Waals surface area contributed by atoms with Crippen molar-refractivity contribution in [3.63, 3.8) is 0 Å². The van der Waals surface area contributed by atoms with E-state index in [4.69, 9.17) is 4.98 Å². The van der Waals surface area contributed by atoms with Crippen molar-refractivity contribution in [1.29, 1.82) is 0 Å². The number of carbonyl (C=O) groups excluding carboxylic acids is 1. The van der Waals surface area contributed by atoms with Gasteiger partial charge in [0.15, 0.2) is 5.82 Å². The van der Waals surface area contributed by atoms with Gasteiger partial charge in [-0.05, 0) is 61.5 Å². The highest BCUT2D eigenvalue weighted by molar-refractivity contribution is 5.94. The first-order valence-electron chi connectivity index (χ1n) is 11.9. The standard InChI is InChI=1S/C26H24N10O/c1-16-4-2-5-20(29-16)23-34-24(21-6-3-13-36(21)35-23)32-22-11-12-28-26(33-22)31-18-9-7-17(8-10-18)25(37)30-19-14-27-15-19/h2-13,19,27H,14-15H2,1H3,(H,30,37)(H2,28,31,32,33,34,35). The lowest BCUT2D eigenvalue weighted by molar-refractivity contribution is 0.0924. The number of aromatic nitrogens is 6. The van der Waals surface area contributed by atoms with Gasteiger partial charge in [-0.3, -0.25) is 4.79 Å². The first-order valence-corrected chi connectivity index (χ1v) is 11.9. The van der Waals surface area contributed by atoms with E-state index in [-0.39, 0.29) is 11.9 Å². The highest BCUT2D eigenvalue weighted by Gasteiger charge is 2.19. The van der Waals surface area contributed by atoms with Crippen LogP contribution in [0.25, 0.3) is 17.0 Å². The fraction of sp³-hybridized carbons (Fsp3) is 0.154. The second-order valence-corrected chi connectivity index (χ2v) is 8.71. The molecule has 1 aliphatic rings. The molecule has 1 aliphatic heterocycles. The van der Waals surface area contributed by atoms with Gasteiger partial charge in [0.2, 0.25) is 11.8 Å². The van der Waals surface area contributed by atoms with Crippen LogP contribution in [0.2, 0.25) is 0 Å². The molecule has 4 aromatic heterocycles. The van der Waals surface area contributed by atoms with E-state index in [1.807, 2.05) is 55.6 Å². The zero-order valence-electron chi connectivity index (χ0n) is 20.0. The summed E-state index contributed by atoms with van der Waals surface area (Å²) in [4.78, 5) is 30.5. The number of fused-ring (bicyclic) bond motifs is 1. The minimum atomic E-state index is -0.0812. The normalized spacial score (nSPS) is 13.2. The van der Waals surface area contributed by atoms with E-state index in [0.717, 1.165) is 30.0 Å². The Bertz CT molecular complexity index is 1580. The molecule has 37 heavy (non-hydrogen) atoms. The largest absolute Gasteiger partial charge is 0.347 e. The van der Waals surface area contributed by atoms with Crippen molar-refractivity contribution >= 4 is 34.7 Å². The average molecular weight is 493 g/mol. The summed E-state index contributed by atoms with van der Waals surface area (Å²) in [5.74, 6) is 1.98. The van der Waals surface area contributed by atoms with Crippen molar-refractivity contribution in [3.8, 4) is 11.5 Å². The van der Waals surface area contributed by atoms with Crippen LogP contribution in [0, 0.1) is 6.92 Å². The quantitative estimate of drug-likeness (QED) is 0.270. The van der Waals surface area contributed by atoms with Gasteiger partial charge in [-0.1, -0.05) is 6.07 Å². The van der Waals surface area contributed by atoms with E-state index < -0.39 is 0 Å². The van der Waals surface area contributed by atoms with Crippen molar-refractivity contribution in [1.82, 2.24) is 40.2 Å². The van der Waals surface area contributed by atoms with Crippen LogP contribution in [0.4, 0.5) is 23.3 Å². The number of amides is 1. The number of carbonyl (C=O) groups is 1. The number of pyridine rings is 1. The van der Waals surface area contributed by atoms with E-state index in [1.165, 1.54) is 0 Å². The minimum absolute atomic E-state index is 0.0812. The summed E-state index contributed by atoms with van der Waals surface area (Å²) < 4.78 is 1.76. The van der Waals surface area contributed by atoms with Crippen LogP contribution in [-0.2, 0) is 0 Å². The number of aryl methyl sites for hydroxylation is 1. The highest BCUT2D eigenvalue weighted by Crippen LogP contribution is 2.23. The molecular weight excluding hydrogens is 468 g/mol. The first kappa shape index (κ1) is 22.6. The van der Waals surface area contributed by atoms with E-state index in [0.29, 0.717) is 34.7 Å². The van der Waals surface area contributed by atoms with E-state index in [1.54, 1.807) is 28.9 Å². The van der Waals surface area contributed by atoms with Gasteiger partial charge in [0.05, 0.1) is 6.04 Å². The Morgan fingerprint density at radius 3 is 2.62 bits per heavy atom. The summed E-state index contributed by atoms with van der Waals surface area (Å²) >= 11 is 0. The molecule has 4 N–H and O–H groups in total. The highest BCUT2D eigenvalue weighted by atomic mass is 16.1. The minimum Gasteiger partial charge on any atom is -0.347 e. The molecule has 1 saturated heterocycles. The maximum Gasteiger partial charge on any atom is 0.251 e. The molecule has 6 rings (SSSR count). The summed E-state index contributed by atoms with van der Waals surface area (Å²) in [6.07, 6.45) is 3.52. The molecule has 5 aromatic rings. The molecule has 0 atom stereocenters. The molecule has 1 amide bonds. The molecule has 5 heterocycles. The summed E-state index contributed by atoms with van der Waals surface area (Å²) in [6, 6.07) is 18.7. The SMILES string of the molecule is Cc1cccc(-c2nc(Nc3ccnc(Nc4ccc(C(=O)NC5CNC5)cc4)n3)c3cccn3n2)n1. The zero-order chi connectivity index (χ0) is 25.2. The zero-order valence-corrected chi connectivity index (χ0v) is 20.0. The van der Waals surface area contributed by atoms with E-state index in [9.17, 15) is 4.79 Å². The van der Waals surface area contributed by atoms with Crippen LogP contribution < -0.4 is 21.3 Å². The number of benzene rings is 1. The molecule has 184 valence electrons. The molecule has 0 aliphatic carbocycles. The predicted molar refractivity (Wildman–Crippen MR) is 140 cm³/mol. The number of hydrogen-bond donors (Lipinski definition) is 4. The molecule has 1 aromatic carbocycles. The third-order valence-electron chi connectivity index (χ3n) is 5.93. The lowest BCUT2D eigenvalue weighted by atomic mass is 10.1. The summed E-state index contributed by atoms with van der Waals surface area (Å²) in [7, 11) is 0. The fourth-order valence-electron chi connectivity index (χ4n) is 3.91. The smallest absolute Gasteiger partial charge is 0.251 e. The number of rotatable bonds is 7. The Morgan fingerprint density at radius 1 is 0.973 bits per heavy atom. The van der Waals surface area contributed by atoms with E-state index >= 15 is 0 Å². The molecule has 0 spiro atoms. The van der Waals surface area contributed by atoms with Crippen molar-refractivity contribution in [3.05, 3.63) is 84.3 Å². The van der Waals surface area contributed by atoms with Crippen molar-refractivity contribution in [2.24, 2.45) is 0 Å². The van der Waals surface area contributed by atoms with Gasteiger partial charge < -0.3 is 21.3 Å². The summed E-state index contributed by atoms with van der Waals surface area (Å²) in [5.41, 5.74) is 3.75. The number of nitrogens with zero attached hydrogens (tertiary/aromatic N) is 6. The monoisotopic (exact) mass is 492 g/mol. The van der Waals surface area contributed by atoms with Crippen LogP contribution in [0.15, 0.2) is 73.1 Å². The van der Waals surface area contributed by atoms with Crippen molar-refractivity contribution in [2.75, 3.05) is 23.7 Å². The Labute approximate surface area is 212 Å². The predicted octanol–water partition coefficient (Wildman–Crippen LogP) is 3.08. The third kappa shape index (κ3) is 4.93. The van der Waals surface area contributed by atoms with Crippen molar-refractivity contribution < 1.29 is 4.79 Å². The number of hydrogen-bond acceptors (Lipinski definition) is 9. The molecule has 0 radical (unpaired) electrons. The Kier molecular flexibility index (Phi) is 5.87. The topological polar surface area (TPSA) is 134 Å². The number of nitrogens with one attached hydrogen (secondary N) is 4. The molecule has 11 heteroatoms. The lowest BCUT2D eigenvalue weighted by Gasteiger charge is -2.27. The van der Waals surface area contributed by atoms with Crippen LogP contribution in [0.1, 0.15) is 16.1 Å². The van der Waals surface area contributed by atoms with Crippen LogP contribution >= 0.6 is 0 Å². The molecule has 1 fully saturated rings. The van der Waals surface area contributed by atoms with Crippen LogP contribution in [0.3, 0.4) is 0 Å². The Hall–Kier alpha value is -4.90. The maximum atomic E-state index is 12.3. The molecular formula is C26H24N10O. The third-order valence-corrected chi connectivity index (χ3v) is 5.93. The molecule has 0 unspecified atom stereocenters. The average Bonchev–Trinajstić information content (AvgIpc) is 3.36. The fourth-order valence-corrected chi connectivity index (χ4v) is 3.91. The first-order chi connectivity index (χ1) is 18.1.